The molecule has 1 heterocycles. The molecule has 1 aliphatic heterocycles. The maximum atomic E-state index is 10.6. The minimum Gasteiger partial charge on any atom is -0.475 e. The zero-order chi connectivity index (χ0) is 11.2. The number of alkyl halides is 3. The van der Waals surface area contributed by atoms with Crippen LogP contribution in [0.25, 0.3) is 0 Å². The summed E-state index contributed by atoms with van der Waals surface area (Å²) in [5.41, 5.74) is 0. The molecule has 0 amide bonds. The van der Waals surface area contributed by atoms with E-state index in [1.54, 1.807) is 6.21 Å². The third-order valence-corrected chi connectivity index (χ3v) is 0.929. The number of aliphatic carboxylic acids is 1. The summed E-state index contributed by atoms with van der Waals surface area (Å²) < 4.78 is 32.5. The molecule has 0 bridgehead atoms. The number of carboxylic acid groups (broad SMARTS) is 1. The molecule has 0 radical (unpaired) electrons. The smallest absolute Gasteiger partial charge is 0.475 e. The van der Waals surface area contributed by atoms with E-state index in [9.17, 15) is 18.1 Å². The van der Waals surface area contributed by atoms with E-state index in [0.29, 0.717) is 6.54 Å². The van der Waals surface area contributed by atoms with Gasteiger partial charge < -0.3 is 5.11 Å². The van der Waals surface area contributed by atoms with E-state index in [2.05, 4.69) is 4.99 Å². The minimum atomic E-state index is -5.08. The van der Waals surface area contributed by atoms with Gasteiger partial charge in [-0.3, -0.25) is 4.99 Å². The van der Waals surface area contributed by atoms with Gasteiger partial charge in [0.1, 0.15) is 0 Å². The van der Waals surface area contributed by atoms with E-state index in [1.165, 1.54) is 12.4 Å². The van der Waals surface area contributed by atoms with Gasteiger partial charge in [0.15, 0.2) is 0 Å². The lowest BCUT2D eigenvalue weighted by atomic mass is 10.6. The molecule has 0 aromatic heterocycles. The van der Waals surface area contributed by atoms with Crippen molar-refractivity contribution in [3.63, 3.8) is 0 Å². The summed E-state index contributed by atoms with van der Waals surface area (Å²) in [6.45, 7) is 0.385. The average molecular weight is 211 g/mol. The van der Waals surface area contributed by atoms with Crippen LogP contribution in [-0.2, 0) is 4.79 Å². The lowest BCUT2D eigenvalue weighted by Gasteiger charge is -1.93. The van der Waals surface area contributed by atoms with Crippen molar-refractivity contribution in [3.05, 3.63) is 17.3 Å². The molecule has 5 nitrogen and oxygen atoms in total. The number of rotatable bonds is 0. The van der Waals surface area contributed by atoms with Gasteiger partial charge in [0.2, 0.25) is 12.7 Å². The summed E-state index contributed by atoms with van der Waals surface area (Å²) in [4.78, 5) is 22.8. The summed E-state index contributed by atoms with van der Waals surface area (Å²) in [7, 11) is 0. The van der Waals surface area contributed by atoms with Crippen LogP contribution in [0.5, 0.6) is 0 Å². The molecule has 0 saturated carbocycles. The van der Waals surface area contributed by atoms with E-state index in [-0.39, 0.29) is 0 Å². The second kappa shape index (κ2) is 5.10. The van der Waals surface area contributed by atoms with Crippen molar-refractivity contribution in [3.8, 4) is 0 Å². The maximum absolute atomic E-state index is 10.6. The highest BCUT2D eigenvalue weighted by Gasteiger charge is 2.38. The van der Waals surface area contributed by atoms with Crippen LogP contribution in [0.1, 0.15) is 0 Å². The molecule has 0 aromatic rings. The van der Waals surface area contributed by atoms with Gasteiger partial charge >= 0.3 is 12.1 Å². The molecule has 0 unspecified atom stereocenters. The first-order valence-electron chi connectivity index (χ1n) is 3.26. The molecule has 0 aromatic carbocycles. The van der Waals surface area contributed by atoms with E-state index in [0.717, 1.165) is 4.76 Å². The summed E-state index contributed by atoms with van der Waals surface area (Å²) in [5, 5.41) is 7.12. The van der Waals surface area contributed by atoms with Crippen molar-refractivity contribution in [1.82, 2.24) is 0 Å². The van der Waals surface area contributed by atoms with Gasteiger partial charge in [-0.2, -0.15) is 13.2 Å². The Bertz CT molecular complexity index is 283. The summed E-state index contributed by atoms with van der Waals surface area (Å²) in [6.07, 6.45) is -0.663. The van der Waals surface area contributed by atoms with Crippen LogP contribution in [0.15, 0.2) is 17.4 Å². The number of nitroso groups, excluding NO2 is 1. The first-order valence-corrected chi connectivity index (χ1v) is 3.26. The molecule has 8 heteroatoms. The molecule has 14 heavy (non-hydrogen) atoms. The van der Waals surface area contributed by atoms with Gasteiger partial charge in [-0.05, 0) is 0 Å². The molecular formula is C6H6F3N2O3+. The van der Waals surface area contributed by atoms with Gasteiger partial charge in [0, 0.05) is 9.67 Å². The predicted molar refractivity (Wildman–Crippen MR) is 39.8 cm³/mol. The van der Waals surface area contributed by atoms with E-state index in [4.69, 9.17) is 9.90 Å². The van der Waals surface area contributed by atoms with Crippen LogP contribution in [0.4, 0.5) is 13.2 Å². The molecule has 1 N–H and O–H groups in total. The van der Waals surface area contributed by atoms with E-state index in [1.807, 2.05) is 0 Å². The lowest BCUT2D eigenvalue weighted by molar-refractivity contribution is -0.462. The number of hydrogen-bond donors (Lipinski definition) is 1. The van der Waals surface area contributed by atoms with Crippen LogP contribution in [-0.4, -0.2) is 34.8 Å². The molecule has 0 fully saturated rings. The highest BCUT2D eigenvalue weighted by Crippen LogP contribution is 2.13. The number of carboxylic acids is 1. The Kier molecular flexibility index (Phi) is 4.47. The fraction of sp³-hybridized carbons (Fsp3) is 0.333. The largest absolute Gasteiger partial charge is 0.490 e. The third kappa shape index (κ3) is 5.86. The normalized spacial score (nSPS) is 14.6. The maximum Gasteiger partial charge on any atom is 0.490 e. The average Bonchev–Trinajstić information content (AvgIpc) is 2.04. The zero-order valence-corrected chi connectivity index (χ0v) is 6.73. The van der Waals surface area contributed by atoms with Crippen molar-refractivity contribution < 1.29 is 27.8 Å². The lowest BCUT2D eigenvalue weighted by Crippen LogP contribution is -2.21. The minimum absolute atomic E-state index is 0.385. The van der Waals surface area contributed by atoms with Gasteiger partial charge in [-0.1, -0.05) is 0 Å². The fourth-order valence-electron chi connectivity index (χ4n) is 0.362. The second-order valence-corrected chi connectivity index (χ2v) is 2.03. The fourth-order valence-corrected chi connectivity index (χ4v) is 0.362. The summed E-state index contributed by atoms with van der Waals surface area (Å²) in [6, 6.07) is 0. The van der Waals surface area contributed by atoms with E-state index >= 15 is 0 Å². The molecule has 0 aliphatic carbocycles. The Balaban J connectivity index is 0.000000241. The molecule has 0 saturated heterocycles. The highest BCUT2D eigenvalue weighted by molar-refractivity contribution is 5.73. The molecule has 1 aliphatic rings. The van der Waals surface area contributed by atoms with Crippen molar-refractivity contribution in [2.45, 2.75) is 6.18 Å². The van der Waals surface area contributed by atoms with Gasteiger partial charge in [-0.25, -0.2) is 4.79 Å². The van der Waals surface area contributed by atoms with Crippen LogP contribution in [0.2, 0.25) is 0 Å². The number of hydrogen-bond acceptors (Lipinski definition) is 3. The number of halogens is 3. The van der Waals surface area contributed by atoms with Crippen LogP contribution >= 0.6 is 0 Å². The van der Waals surface area contributed by atoms with E-state index < -0.39 is 12.1 Å². The van der Waals surface area contributed by atoms with Crippen molar-refractivity contribution in [2.24, 2.45) is 4.99 Å². The third-order valence-electron chi connectivity index (χ3n) is 0.929. The predicted octanol–water partition coefficient (Wildman–Crippen LogP) is 0.954. The second-order valence-electron chi connectivity index (χ2n) is 2.03. The summed E-state index contributed by atoms with van der Waals surface area (Å²) in [5.74, 6) is -2.76. The van der Waals surface area contributed by atoms with Gasteiger partial charge in [0.25, 0.3) is 0 Å². The summed E-state index contributed by atoms with van der Waals surface area (Å²) >= 11 is 0. The molecule has 1 rings (SSSR count). The van der Waals surface area contributed by atoms with Crippen LogP contribution in [0.3, 0.4) is 0 Å². The number of aliphatic imine (C=N–C) groups is 1. The van der Waals surface area contributed by atoms with Gasteiger partial charge in [-0.15, -0.1) is 0 Å². The van der Waals surface area contributed by atoms with Crippen molar-refractivity contribution in [1.29, 1.82) is 0 Å². The Morgan fingerprint density at radius 2 is 2.00 bits per heavy atom. The Labute approximate surface area is 76.1 Å². The molecular weight excluding hydrogens is 205 g/mol. The van der Waals surface area contributed by atoms with Crippen LogP contribution in [0, 0.1) is 4.91 Å². The molecule has 0 atom stereocenters. The van der Waals surface area contributed by atoms with Crippen molar-refractivity contribution in [2.75, 3.05) is 6.54 Å². The molecule has 0 spiro atoms. The van der Waals surface area contributed by atoms with Gasteiger partial charge in [0.05, 0.1) is 12.4 Å². The van der Waals surface area contributed by atoms with Crippen molar-refractivity contribution >= 4 is 12.2 Å². The van der Waals surface area contributed by atoms with Crippen LogP contribution < -0.4 is 0 Å². The number of carbonyl (C=O) groups is 1. The SMILES string of the molecule is O=C(O)C(F)(F)F.O=[N+]1C=CN=CC1. The molecule has 78 valence electrons. The Morgan fingerprint density at radius 1 is 1.50 bits per heavy atom. The highest BCUT2D eigenvalue weighted by atomic mass is 19.4. The zero-order valence-electron chi connectivity index (χ0n) is 6.73. The first kappa shape index (κ1) is 12.3. The Morgan fingerprint density at radius 3 is 2.14 bits per heavy atom. The monoisotopic (exact) mass is 211 g/mol. The first-order chi connectivity index (χ1) is 6.34. The topological polar surface area (TPSA) is 69.7 Å². The standard InChI is InChI=1S/C4H5N2O.C2HF3O2/c7-6-3-1-5-2-4-6;3-2(4,5)1(6)7/h1-3H,4H2;(H,6,7)/q+1;. The quantitative estimate of drug-likeness (QED) is 0.606. The number of nitrogens with zero attached hydrogens (tertiary/aromatic N) is 2. The Hall–Kier alpha value is -1.73.